The molecular formula is C21H24N2O4. The number of aliphatic carboxylic acids is 1. The standard InChI is InChI=1S/C21H24N2O4/c22-7-6-14-2-1-3-15(8-14)10-23-11-17(18(12-23)21(24)25)16-4-5-19-20(9-16)27-13-26-19/h1-5,8-9,17-18H,6-7,10-13,22H2,(H,24,25)/t17-,18+/m0/s1. The van der Waals surface area contributed by atoms with Crippen molar-refractivity contribution in [1.29, 1.82) is 0 Å². The Balaban J connectivity index is 1.52. The lowest BCUT2D eigenvalue weighted by atomic mass is 9.89. The first-order valence-corrected chi connectivity index (χ1v) is 9.26. The minimum absolute atomic E-state index is 0.0655. The van der Waals surface area contributed by atoms with Crippen LogP contribution in [-0.4, -0.2) is 42.4 Å². The molecule has 2 aliphatic heterocycles. The number of carboxylic acid groups (broad SMARTS) is 1. The number of nitrogens with two attached hydrogens (primary N) is 1. The fraction of sp³-hybridized carbons (Fsp3) is 0.381. The zero-order valence-corrected chi connectivity index (χ0v) is 15.1. The summed E-state index contributed by atoms with van der Waals surface area (Å²) in [5, 5.41) is 9.74. The van der Waals surface area contributed by atoms with E-state index in [0.29, 0.717) is 25.4 Å². The van der Waals surface area contributed by atoms with E-state index in [4.69, 9.17) is 15.2 Å². The third kappa shape index (κ3) is 3.77. The monoisotopic (exact) mass is 368 g/mol. The second kappa shape index (κ2) is 7.58. The number of carboxylic acids is 1. The van der Waals surface area contributed by atoms with Crippen LogP contribution in [0.3, 0.4) is 0 Å². The maximum atomic E-state index is 11.9. The van der Waals surface area contributed by atoms with Gasteiger partial charge in [0.1, 0.15) is 0 Å². The highest BCUT2D eigenvalue weighted by molar-refractivity contribution is 5.72. The van der Waals surface area contributed by atoms with Crippen molar-refractivity contribution < 1.29 is 19.4 Å². The average Bonchev–Trinajstić information content (AvgIpc) is 3.28. The van der Waals surface area contributed by atoms with E-state index in [-0.39, 0.29) is 12.7 Å². The molecule has 0 aliphatic carbocycles. The summed E-state index contributed by atoms with van der Waals surface area (Å²) in [6.07, 6.45) is 0.853. The first kappa shape index (κ1) is 17.8. The molecule has 2 aliphatic rings. The van der Waals surface area contributed by atoms with Gasteiger partial charge in [0.25, 0.3) is 0 Å². The van der Waals surface area contributed by atoms with Gasteiger partial charge in [0.2, 0.25) is 6.79 Å². The van der Waals surface area contributed by atoms with E-state index in [1.54, 1.807) is 0 Å². The van der Waals surface area contributed by atoms with Gasteiger partial charge in [0.15, 0.2) is 11.5 Å². The van der Waals surface area contributed by atoms with Crippen LogP contribution in [0.2, 0.25) is 0 Å². The zero-order chi connectivity index (χ0) is 18.8. The summed E-state index contributed by atoms with van der Waals surface area (Å²) < 4.78 is 10.8. The molecule has 4 rings (SSSR count). The molecule has 6 heteroatoms. The molecule has 1 saturated heterocycles. The van der Waals surface area contributed by atoms with Crippen molar-refractivity contribution in [2.45, 2.75) is 18.9 Å². The SMILES string of the molecule is NCCc1cccc(CN2C[C@@H](C(=O)O)[C@H](c3ccc4c(c3)OCO4)C2)c1. The van der Waals surface area contributed by atoms with Crippen LogP contribution in [0.15, 0.2) is 42.5 Å². The maximum absolute atomic E-state index is 11.9. The normalized spacial score (nSPS) is 21.5. The van der Waals surface area contributed by atoms with E-state index in [2.05, 4.69) is 23.1 Å². The van der Waals surface area contributed by atoms with Crippen molar-refractivity contribution in [1.82, 2.24) is 4.90 Å². The minimum atomic E-state index is -0.753. The molecule has 2 aromatic rings. The Morgan fingerprint density at radius 1 is 1.11 bits per heavy atom. The third-order valence-electron chi connectivity index (χ3n) is 5.37. The van der Waals surface area contributed by atoms with Crippen molar-refractivity contribution >= 4 is 5.97 Å². The highest BCUT2D eigenvalue weighted by Gasteiger charge is 2.39. The van der Waals surface area contributed by atoms with Gasteiger partial charge in [-0.15, -0.1) is 0 Å². The average molecular weight is 368 g/mol. The number of hydrogen-bond donors (Lipinski definition) is 2. The van der Waals surface area contributed by atoms with Gasteiger partial charge in [0, 0.05) is 25.6 Å². The second-order valence-corrected chi connectivity index (χ2v) is 7.22. The molecule has 27 heavy (non-hydrogen) atoms. The van der Waals surface area contributed by atoms with Gasteiger partial charge < -0.3 is 20.3 Å². The molecule has 1 fully saturated rings. The number of benzene rings is 2. The van der Waals surface area contributed by atoms with Crippen LogP contribution in [0, 0.1) is 5.92 Å². The van der Waals surface area contributed by atoms with Gasteiger partial charge >= 0.3 is 5.97 Å². The van der Waals surface area contributed by atoms with Gasteiger partial charge in [-0.2, -0.15) is 0 Å². The molecule has 0 spiro atoms. The van der Waals surface area contributed by atoms with E-state index in [1.807, 2.05) is 24.3 Å². The number of carbonyl (C=O) groups is 1. The third-order valence-corrected chi connectivity index (χ3v) is 5.37. The summed E-state index contributed by atoms with van der Waals surface area (Å²) in [6, 6.07) is 14.1. The maximum Gasteiger partial charge on any atom is 0.308 e. The number of hydrogen-bond acceptors (Lipinski definition) is 5. The highest BCUT2D eigenvalue weighted by atomic mass is 16.7. The Kier molecular flexibility index (Phi) is 5.01. The lowest BCUT2D eigenvalue weighted by molar-refractivity contribution is -0.141. The van der Waals surface area contributed by atoms with Crippen LogP contribution in [-0.2, 0) is 17.8 Å². The predicted molar refractivity (Wildman–Crippen MR) is 101 cm³/mol. The quantitative estimate of drug-likeness (QED) is 0.813. The van der Waals surface area contributed by atoms with Crippen LogP contribution in [0.25, 0.3) is 0 Å². The molecule has 0 radical (unpaired) electrons. The van der Waals surface area contributed by atoms with Crippen LogP contribution in [0.5, 0.6) is 11.5 Å². The lowest BCUT2D eigenvalue weighted by Gasteiger charge is -2.17. The Hall–Kier alpha value is -2.57. The van der Waals surface area contributed by atoms with Crippen molar-refractivity contribution in [2.75, 3.05) is 26.4 Å². The molecule has 0 unspecified atom stereocenters. The van der Waals surface area contributed by atoms with E-state index >= 15 is 0 Å². The Labute approximate surface area is 158 Å². The van der Waals surface area contributed by atoms with E-state index < -0.39 is 11.9 Å². The van der Waals surface area contributed by atoms with Crippen molar-refractivity contribution in [2.24, 2.45) is 11.7 Å². The number of nitrogens with zero attached hydrogens (tertiary/aromatic N) is 1. The summed E-state index contributed by atoms with van der Waals surface area (Å²) in [4.78, 5) is 14.1. The molecule has 2 aromatic carbocycles. The topological polar surface area (TPSA) is 85.0 Å². The summed E-state index contributed by atoms with van der Waals surface area (Å²) in [5.41, 5.74) is 9.05. The minimum Gasteiger partial charge on any atom is -0.481 e. The number of likely N-dealkylation sites (tertiary alicyclic amines) is 1. The van der Waals surface area contributed by atoms with Gasteiger partial charge in [0.05, 0.1) is 5.92 Å². The molecule has 3 N–H and O–H groups in total. The van der Waals surface area contributed by atoms with Gasteiger partial charge in [-0.05, 0) is 41.8 Å². The number of ether oxygens (including phenoxy) is 2. The smallest absolute Gasteiger partial charge is 0.308 e. The van der Waals surface area contributed by atoms with Crippen molar-refractivity contribution in [3.63, 3.8) is 0 Å². The van der Waals surface area contributed by atoms with E-state index in [1.165, 1.54) is 11.1 Å². The summed E-state index contributed by atoms with van der Waals surface area (Å²) in [5.74, 6) is 0.167. The van der Waals surface area contributed by atoms with Crippen molar-refractivity contribution in [3.8, 4) is 11.5 Å². The molecule has 0 aromatic heterocycles. The molecular weight excluding hydrogens is 344 g/mol. The van der Waals surface area contributed by atoms with Gasteiger partial charge in [-0.25, -0.2) is 0 Å². The van der Waals surface area contributed by atoms with Crippen LogP contribution >= 0.6 is 0 Å². The number of fused-ring (bicyclic) bond motifs is 1. The lowest BCUT2D eigenvalue weighted by Crippen LogP contribution is -2.23. The molecule has 6 nitrogen and oxygen atoms in total. The van der Waals surface area contributed by atoms with Crippen LogP contribution in [0.1, 0.15) is 22.6 Å². The summed E-state index contributed by atoms with van der Waals surface area (Å²) in [6.45, 7) is 2.83. The Morgan fingerprint density at radius 3 is 2.74 bits per heavy atom. The fourth-order valence-corrected chi connectivity index (χ4v) is 4.05. The Morgan fingerprint density at radius 2 is 1.93 bits per heavy atom. The zero-order valence-electron chi connectivity index (χ0n) is 15.1. The van der Waals surface area contributed by atoms with Gasteiger partial charge in [-0.3, -0.25) is 9.69 Å². The largest absolute Gasteiger partial charge is 0.481 e. The molecule has 0 bridgehead atoms. The highest BCUT2D eigenvalue weighted by Crippen LogP contribution is 2.39. The second-order valence-electron chi connectivity index (χ2n) is 7.22. The summed E-state index contributed by atoms with van der Waals surface area (Å²) in [7, 11) is 0. The Bertz CT molecular complexity index is 839. The summed E-state index contributed by atoms with van der Waals surface area (Å²) >= 11 is 0. The molecule has 0 saturated carbocycles. The predicted octanol–water partition coefficient (Wildman–Crippen LogP) is 2.22. The first-order chi connectivity index (χ1) is 13.1. The number of rotatable bonds is 6. The van der Waals surface area contributed by atoms with E-state index in [9.17, 15) is 9.90 Å². The fourth-order valence-electron chi connectivity index (χ4n) is 4.05. The van der Waals surface area contributed by atoms with Crippen LogP contribution < -0.4 is 15.2 Å². The molecule has 2 heterocycles. The van der Waals surface area contributed by atoms with Crippen LogP contribution in [0.4, 0.5) is 0 Å². The first-order valence-electron chi connectivity index (χ1n) is 9.26. The molecule has 2 atom stereocenters. The molecule has 142 valence electrons. The van der Waals surface area contributed by atoms with Crippen molar-refractivity contribution in [3.05, 3.63) is 59.2 Å². The van der Waals surface area contributed by atoms with Gasteiger partial charge in [-0.1, -0.05) is 30.3 Å². The van der Waals surface area contributed by atoms with E-state index in [0.717, 1.165) is 24.3 Å². The molecule has 0 amide bonds.